The quantitative estimate of drug-likeness (QED) is 0.395. The van der Waals surface area contributed by atoms with Crippen LogP contribution in [-0.4, -0.2) is 28.5 Å². The van der Waals surface area contributed by atoms with Gasteiger partial charge in [-0.25, -0.2) is 9.97 Å². The SMILES string of the molecule is CN1C[C@H]2Cc3ccc([N+](=O)[O-])cc3N[C@H]2c2c(Sc3ccccc3)ncnc21. The molecule has 29 heavy (non-hydrogen) atoms. The number of aromatic nitrogens is 2. The minimum Gasteiger partial charge on any atom is -0.377 e. The molecule has 2 atom stereocenters. The molecule has 0 amide bonds. The average molecular weight is 405 g/mol. The summed E-state index contributed by atoms with van der Waals surface area (Å²) in [5, 5.41) is 15.7. The standard InChI is InChI=1S/C21H19N5O2S/c1-25-11-14-9-13-7-8-15(26(27)28)10-17(13)24-19(14)18-20(25)22-12-23-21(18)29-16-5-3-2-4-6-16/h2-8,10,12,14,19,24H,9,11H2,1H3/t14-,19-/m1/s1. The molecule has 0 radical (unpaired) electrons. The molecule has 0 unspecified atom stereocenters. The lowest BCUT2D eigenvalue weighted by Gasteiger charge is -2.43. The molecule has 5 rings (SSSR count). The molecular formula is C21H19N5O2S. The third kappa shape index (κ3) is 3.19. The first-order valence-corrected chi connectivity index (χ1v) is 10.2. The number of hydrogen-bond acceptors (Lipinski definition) is 7. The Kier molecular flexibility index (Phi) is 4.35. The number of rotatable bonds is 3. The number of nitro benzene ring substituents is 1. The molecule has 2 aliphatic heterocycles. The van der Waals surface area contributed by atoms with E-state index in [2.05, 4.69) is 39.4 Å². The molecule has 0 saturated carbocycles. The molecule has 2 aliphatic rings. The zero-order valence-electron chi connectivity index (χ0n) is 15.8. The van der Waals surface area contributed by atoms with Crippen LogP contribution in [-0.2, 0) is 6.42 Å². The van der Waals surface area contributed by atoms with Crippen molar-refractivity contribution in [2.24, 2.45) is 5.92 Å². The lowest BCUT2D eigenvalue weighted by molar-refractivity contribution is -0.384. The lowest BCUT2D eigenvalue weighted by atomic mass is 9.81. The maximum absolute atomic E-state index is 11.2. The molecule has 3 aromatic rings. The Bertz CT molecular complexity index is 1090. The van der Waals surface area contributed by atoms with Crippen molar-refractivity contribution >= 4 is 29.0 Å². The second-order valence-electron chi connectivity index (χ2n) is 7.40. The van der Waals surface area contributed by atoms with E-state index in [1.165, 1.54) is 0 Å². The number of non-ortho nitro benzene ring substituents is 1. The number of anilines is 2. The third-order valence-corrected chi connectivity index (χ3v) is 6.56. The summed E-state index contributed by atoms with van der Waals surface area (Å²) >= 11 is 1.62. The van der Waals surface area contributed by atoms with Gasteiger partial charge in [-0.05, 0) is 24.1 Å². The summed E-state index contributed by atoms with van der Waals surface area (Å²) in [6, 6.07) is 15.3. The van der Waals surface area contributed by atoms with Gasteiger partial charge in [0.2, 0.25) is 0 Å². The number of nitrogens with zero attached hydrogens (tertiary/aromatic N) is 4. The second kappa shape index (κ2) is 7.04. The molecule has 146 valence electrons. The highest BCUT2D eigenvalue weighted by molar-refractivity contribution is 7.99. The van der Waals surface area contributed by atoms with Crippen LogP contribution in [0.4, 0.5) is 17.2 Å². The van der Waals surface area contributed by atoms with E-state index >= 15 is 0 Å². The van der Waals surface area contributed by atoms with Gasteiger partial charge in [0, 0.05) is 47.8 Å². The highest BCUT2D eigenvalue weighted by Crippen LogP contribution is 2.47. The topological polar surface area (TPSA) is 84.2 Å². The maximum Gasteiger partial charge on any atom is 0.271 e. The van der Waals surface area contributed by atoms with E-state index in [4.69, 9.17) is 0 Å². The third-order valence-electron chi connectivity index (χ3n) is 5.53. The van der Waals surface area contributed by atoms with Crippen LogP contribution in [0.3, 0.4) is 0 Å². The van der Waals surface area contributed by atoms with Crippen LogP contribution < -0.4 is 10.2 Å². The fourth-order valence-corrected chi connectivity index (χ4v) is 5.17. The van der Waals surface area contributed by atoms with Gasteiger partial charge in [-0.3, -0.25) is 10.1 Å². The Morgan fingerprint density at radius 2 is 2.03 bits per heavy atom. The van der Waals surface area contributed by atoms with Gasteiger partial charge in [0.1, 0.15) is 17.2 Å². The van der Waals surface area contributed by atoms with E-state index in [1.807, 2.05) is 24.3 Å². The van der Waals surface area contributed by atoms with Gasteiger partial charge in [-0.15, -0.1) is 0 Å². The highest BCUT2D eigenvalue weighted by atomic mass is 32.2. The van der Waals surface area contributed by atoms with Crippen molar-refractivity contribution in [2.45, 2.75) is 22.4 Å². The maximum atomic E-state index is 11.2. The van der Waals surface area contributed by atoms with Crippen LogP contribution >= 0.6 is 11.8 Å². The number of fused-ring (bicyclic) bond motifs is 4. The van der Waals surface area contributed by atoms with Gasteiger partial charge in [0.05, 0.1) is 11.0 Å². The van der Waals surface area contributed by atoms with Crippen molar-refractivity contribution in [3.8, 4) is 0 Å². The van der Waals surface area contributed by atoms with Crippen LogP contribution in [0.2, 0.25) is 0 Å². The van der Waals surface area contributed by atoms with E-state index in [1.54, 1.807) is 30.2 Å². The summed E-state index contributed by atoms with van der Waals surface area (Å²) < 4.78 is 0. The van der Waals surface area contributed by atoms with Crippen LogP contribution in [0, 0.1) is 16.0 Å². The number of benzene rings is 2. The zero-order valence-corrected chi connectivity index (χ0v) is 16.6. The second-order valence-corrected chi connectivity index (χ2v) is 8.46. The number of nitrogens with one attached hydrogen (secondary N) is 1. The predicted molar refractivity (Wildman–Crippen MR) is 113 cm³/mol. The van der Waals surface area contributed by atoms with E-state index in [-0.39, 0.29) is 16.7 Å². The first-order chi connectivity index (χ1) is 14.1. The van der Waals surface area contributed by atoms with E-state index < -0.39 is 0 Å². The number of nitro groups is 1. The molecule has 0 saturated heterocycles. The molecule has 0 bridgehead atoms. The predicted octanol–water partition coefficient (Wildman–Crippen LogP) is 4.31. The van der Waals surface area contributed by atoms with Crippen molar-refractivity contribution in [3.63, 3.8) is 0 Å². The zero-order chi connectivity index (χ0) is 20.0. The fraction of sp³-hybridized carbons (Fsp3) is 0.238. The number of hydrogen-bond donors (Lipinski definition) is 1. The molecule has 7 nitrogen and oxygen atoms in total. The smallest absolute Gasteiger partial charge is 0.271 e. The van der Waals surface area contributed by atoms with E-state index in [9.17, 15) is 10.1 Å². The molecule has 0 spiro atoms. The summed E-state index contributed by atoms with van der Waals surface area (Å²) in [6.07, 6.45) is 2.47. The van der Waals surface area contributed by atoms with Gasteiger partial charge in [-0.1, -0.05) is 36.0 Å². The van der Waals surface area contributed by atoms with E-state index in [0.717, 1.165) is 45.5 Å². The molecule has 1 aromatic heterocycles. The Hall–Kier alpha value is -3.13. The first-order valence-electron chi connectivity index (χ1n) is 9.43. The van der Waals surface area contributed by atoms with Gasteiger partial charge in [0.15, 0.2) is 0 Å². The molecule has 2 aromatic carbocycles. The summed E-state index contributed by atoms with van der Waals surface area (Å²) in [7, 11) is 2.06. The molecule has 1 N–H and O–H groups in total. The average Bonchev–Trinajstić information content (AvgIpc) is 2.73. The van der Waals surface area contributed by atoms with Gasteiger partial charge < -0.3 is 10.2 Å². The Morgan fingerprint density at radius 3 is 2.83 bits per heavy atom. The lowest BCUT2D eigenvalue weighted by Crippen LogP contribution is -2.42. The Balaban J connectivity index is 1.57. The molecular weight excluding hydrogens is 386 g/mol. The first kappa shape index (κ1) is 17.9. The van der Waals surface area contributed by atoms with E-state index in [0.29, 0.717) is 5.92 Å². The van der Waals surface area contributed by atoms with Crippen molar-refractivity contribution in [1.29, 1.82) is 0 Å². The van der Waals surface area contributed by atoms with Crippen molar-refractivity contribution in [3.05, 3.63) is 76.1 Å². The van der Waals surface area contributed by atoms with Crippen molar-refractivity contribution < 1.29 is 4.92 Å². The Morgan fingerprint density at radius 1 is 1.21 bits per heavy atom. The summed E-state index contributed by atoms with van der Waals surface area (Å²) in [5.74, 6) is 1.25. The summed E-state index contributed by atoms with van der Waals surface area (Å²) in [6.45, 7) is 0.869. The molecule has 3 heterocycles. The van der Waals surface area contributed by atoms with Crippen molar-refractivity contribution in [1.82, 2.24) is 9.97 Å². The Labute approximate surface area is 172 Å². The van der Waals surface area contributed by atoms with Crippen LogP contribution in [0.5, 0.6) is 0 Å². The van der Waals surface area contributed by atoms with Gasteiger partial charge >= 0.3 is 0 Å². The minimum atomic E-state index is -0.351. The van der Waals surface area contributed by atoms with Crippen LogP contribution in [0.1, 0.15) is 17.2 Å². The summed E-state index contributed by atoms with van der Waals surface area (Å²) in [5.41, 5.74) is 3.11. The van der Waals surface area contributed by atoms with Crippen LogP contribution in [0.15, 0.2) is 64.8 Å². The fourth-order valence-electron chi connectivity index (χ4n) is 4.22. The van der Waals surface area contributed by atoms with Crippen LogP contribution in [0.25, 0.3) is 0 Å². The summed E-state index contributed by atoms with van der Waals surface area (Å²) in [4.78, 5) is 23.3. The minimum absolute atomic E-state index is 0.0168. The highest BCUT2D eigenvalue weighted by Gasteiger charge is 2.39. The van der Waals surface area contributed by atoms with Crippen molar-refractivity contribution in [2.75, 3.05) is 23.8 Å². The normalized spacial score (nSPS) is 19.6. The van der Waals surface area contributed by atoms with Gasteiger partial charge in [0.25, 0.3) is 5.69 Å². The largest absolute Gasteiger partial charge is 0.377 e. The molecule has 0 fully saturated rings. The van der Waals surface area contributed by atoms with Gasteiger partial charge in [-0.2, -0.15) is 0 Å². The molecule has 0 aliphatic carbocycles. The monoisotopic (exact) mass is 405 g/mol. The molecule has 8 heteroatoms.